The Morgan fingerprint density at radius 3 is 2.32 bits per heavy atom. The fourth-order valence-electron chi connectivity index (χ4n) is 2.69. The Morgan fingerprint density at radius 2 is 1.68 bits per heavy atom. The summed E-state index contributed by atoms with van der Waals surface area (Å²) in [6, 6.07) is 17.6. The van der Waals surface area contributed by atoms with Gasteiger partial charge in [0.25, 0.3) is 0 Å². The molecule has 1 saturated carbocycles. The molecule has 0 saturated heterocycles. The van der Waals surface area contributed by atoms with Crippen LogP contribution in [0.3, 0.4) is 0 Å². The van der Waals surface area contributed by atoms with Gasteiger partial charge in [0, 0.05) is 21.7 Å². The molecule has 1 N–H and O–H groups in total. The number of aromatic nitrogens is 1. The first-order valence-corrected chi connectivity index (χ1v) is 10.5. The molecule has 0 unspecified atom stereocenters. The van der Waals surface area contributed by atoms with E-state index in [9.17, 15) is 8.42 Å². The van der Waals surface area contributed by atoms with Crippen LogP contribution in [0, 0.1) is 6.92 Å². The number of aryl methyl sites for hydroxylation is 1. The topological polar surface area (TPSA) is 59.1 Å². The predicted octanol–water partition coefficient (Wildman–Crippen LogP) is 4.69. The fourth-order valence-corrected chi connectivity index (χ4v) is 5.02. The molecule has 1 aliphatic carbocycles. The Balaban J connectivity index is 1.59. The normalized spacial score (nSPS) is 14.4. The number of nitrogens with one attached hydrogen (secondary N) is 1. The van der Waals surface area contributed by atoms with Crippen molar-refractivity contribution in [3.8, 4) is 21.8 Å². The molecular formula is C19H18N2O2S2. The predicted molar refractivity (Wildman–Crippen MR) is 103 cm³/mol. The highest BCUT2D eigenvalue weighted by Crippen LogP contribution is 2.34. The molecule has 25 heavy (non-hydrogen) atoms. The van der Waals surface area contributed by atoms with Gasteiger partial charge in [-0.2, -0.15) is 0 Å². The van der Waals surface area contributed by atoms with E-state index in [1.165, 1.54) is 0 Å². The number of hydrogen-bond donors (Lipinski definition) is 1. The van der Waals surface area contributed by atoms with E-state index >= 15 is 0 Å². The molecule has 128 valence electrons. The van der Waals surface area contributed by atoms with Crippen LogP contribution in [0.15, 0.2) is 54.6 Å². The molecule has 1 fully saturated rings. The van der Waals surface area contributed by atoms with Gasteiger partial charge in [-0.1, -0.05) is 42.5 Å². The van der Waals surface area contributed by atoms with Crippen LogP contribution >= 0.6 is 11.3 Å². The zero-order valence-corrected chi connectivity index (χ0v) is 15.4. The van der Waals surface area contributed by atoms with Gasteiger partial charge in [-0.25, -0.2) is 13.4 Å². The maximum Gasteiger partial charge on any atom is 0.235 e. The van der Waals surface area contributed by atoms with Crippen molar-refractivity contribution < 1.29 is 8.42 Å². The minimum absolute atomic E-state index is 0.221. The van der Waals surface area contributed by atoms with Crippen molar-refractivity contribution in [2.75, 3.05) is 4.72 Å². The van der Waals surface area contributed by atoms with E-state index in [0.717, 1.165) is 39.5 Å². The molecule has 0 atom stereocenters. The van der Waals surface area contributed by atoms with Gasteiger partial charge >= 0.3 is 0 Å². The number of thiazole rings is 1. The Bertz CT molecular complexity index is 990. The Morgan fingerprint density at radius 1 is 1.00 bits per heavy atom. The Hall–Kier alpha value is -2.18. The molecule has 3 aromatic rings. The van der Waals surface area contributed by atoms with Crippen molar-refractivity contribution >= 4 is 27.0 Å². The van der Waals surface area contributed by atoms with E-state index in [1.807, 2.05) is 30.3 Å². The molecular weight excluding hydrogens is 352 g/mol. The van der Waals surface area contributed by atoms with Gasteiger partial charge in [0.15, 0.2) is 0 Å². The molecule has 1 aromatic heterocycles. The lowest BCUT2D eigenvalue weighted by atomic mass is 10.1. The third-order valence-electron chi connectivity index (χ3n) is 4.20. The van der Waals surface area contributed by atoms with E-state index in [4.69, 9.17) is 4.98 Å². The molecule has 6 heteroatoms. The lowest BCUT2D eigenvalue weighted by Gasteiger charge is -2.07. The van der Waals surface area contributed by atoms with E-state index in [2.05, 4.69) is 23.8 Å². The van der Waals surface area contributed by atoms with Crippen LogP contribution in [0.4, 0.5) is 5.69 Å². The van der Waals surface area contributed by atoms with Crippen LogP contribution in [0.25, 0.3) is 21.8 Å². The zero-order valence-electron chi connectivity index (χ0n) is 13.8. The van der Waals surface area contributed by atoms with Crippen molar-refractivity contribution in [3.05, 3.63) is 59.5 Å². The number of rotatable bonds is 5. The van der Waals surface area contributed by atoms with Gasteiger partial charge in [0.2, 0.25) is 10.0 Å². The average Bonchev–Trinajstić information content (AvgIpc) is 3.40. The Labute approximate surface area is 151 Å². The molecule has 4 nitrogen and oxygen atoms in total. The van der Waals surface area contributed by atoms with Crippen LogP contribution in [-0.2, 0) is 10.0 Å². The fraction of sp³-hybridized carbons (Fsp3) is 0.211. The number of nitrogens with zero attached hydrogens (tertiary/aromatic N) is 1. The second kappa shape index (κ2) is 6.28. The van der Waals surface area contributed by atoms with Crippen molar-refractivity contribution in [1.29, 1.82) is 0 Å². The second-order valence-electron chi connectivity index (χ2n) is 6.21. The number of anilines is 1. The van der Waals surface area contributed by atoms with Crippen molar-refractivity contribution in [1.82, 2.24) is 4.98 Å². The summed E-state index contributed by atoms with van der Waals surface area (Å²) in [5.74, 6) is 0. The summed E-state index contributed by atoms with van der Waals surface area (Å²) in [5.41, 5.74) is 3.65. The van der Waals surface area contributed by atoms with Gasteiger partial charge in [-0.3, -0.25) is 4.72 Å². The van der Waals surface area contributed by atoms with Gasteiger partial charge in [-0.05, 0) is 31.9 Å². The molecule has 1 heterocycles. The summed E-state index contributed by atoms with van der Waals surface area (Å²) in [7, 11) is -3.22. The first-order chi connectivity index (χ1) is 12.0. The van der Waals surface area contributed by atoms with Gasteiger partial charge in [0.1, 0.15) is 5.01 Å². The second-order valence-corrected chi connectivity index (χ2v) is 9.38. The summed E-state index contributed by atoms with van der Waals surface area (Å²) in [5, 5.41) is 0.771. The summed E-state index contributed by atoms with van der Waals surface area (Å²) >= 11 is 1.67. The van der Waals surface area contributed by atoms with Crippen molar-refractivity contribution in [3.63, 3.8) is 0 Å². The quantitative estimate of drug-likeness (QED) is 0.709. The molecule has 1 aliphatic rings. The van der Waals surface area contributed by atoms with Crippen LogP contribution < -0.4 is 4.72 Å². The Kier molecular flexibility index (Phi) is 4.09. The SMILES string of the molecule is Cc1sc(-c2ccccc2)nc1-c1ccc(NS(=O)(=O)C2CC2)cc1. The van der Waals surface area contributed by atoms with E-state index in [1.54, 1.807) is 23.5 Å². The third-order valence-corrected chi connectivity index (χ3v) is 7.09. The molecule has 0 amide bonds. The molecule has 2 aromatic carbocycles. The number of hydrogen-bond acceptors (Lipinski definition) is 4. The van der Waals surface area contributed by atoms with Gasteiger partial charge < -0.3 is 0 Å². The zero-order chi connectivity index (χ0) is 17.4. The monoisotopic (exact) mass is 370 g/mol. The standard InChI is InChI=1S/C19H18N2O2S2/c1-13-18(20-19(24-13)15-5-3-2-4-6-15)14-7-9-16(10-8-14)21-25(22,23)17-11-12-17/h2-10,17,21H,11-12H2,1H3. The van der Waals surface area contributed by atoms with Crippen molar-refractivity contribution in [2.24, 2.45) is 0 Å². The van der Waals surface area contributed by atoms with Crippen LogP contribution in [-0.4, -0.2) is 18.7 Å². The van der Waals surface area contributed by atoms with E-state index in [0.29, 0.717) is 5.69 Å². The van der Waals surface area contributed by atoms with Crippen LogP contribution in [0.5, 0.6) is 0 Å². The minimum atomic E-state index is -3.22. The number of benzene rings is 2. The largest absolute Gasteiger partial charge is 0.283 e. The maximum atomic E-state index is 12.0. The first-order valence-electron chi connectivity index (χ1n) is 8.18. The van der Waals surface area contributed by atoms with Crippen LogP contribution in [0.2, 0.25) is 0 Å². The van der Waals surface area contributed by atoms with Gasteiger partial charge in [0.05, 0.1) is 10.9 Å². The summed E-state index contributed by atoms with van der Waals surface area (Å²) in [4.78, 5) is 5.92. The maximum absolute atomic E-state index is 12.0. The lowest BCUT2D eigenvalue weighted by Crippen LogP contribution is -2.17. The minimum Gasteiger partial charge on any atom is -0.283 e. The molecule has 0 bridgehead atoms. The van der Waals surface area contributed by atoms with Gasteiger partial charge in [-0.15, -0.1) is 11.3 Å². The summed E-state index contributed by atoms with van der Waals surface area (Å²) < 4.78 is 26.7. The highest BCUT2D eigenvalue weighted by molar-refractivity contribution is 7.93. The molecule has 0 radical (unpaired) electrons. The third kappa shape index (κ3) is 3.45. The average molecular weight is 370 g/mol. The van der Waals surface area contributed by atoms with E-state index < -0.39 is 10.0 Å². The lowest BCUT2D eigenvalue weighted by molar-refractivity contribution is 0.600. The summed E-state index contributed by atoms with van der Waals surface area (Å²) in [6.45, 7) is 2.06. The van der Waals surface area contributed by atoms with Crippen LogP contribution in [0.1, 0.15) is 17.7 Å². The van der Waals surface area contributed by atoms with Crippen molar-refractivity contribution in [2.45, 2.75) is 25.0 Å². The highest BCUT2D eigenvalue weighted by atomic mass is 32.2. The molecule has 0 aliphatic heterocycles. The smallest absolute Gasteiger partial charge is 0.235 e. The number of sulfonamides is 1. The highest BCUT2D eigenvalue weighted by Gasteiger charge is 2.35. The summed E-state index contributed by atoms with van der Waals surface area (Å²) in [6.07, 6.45) is 1.52. The first kappa shape index (κ1) is 16.3. The molecule has 4 rings (SSSR count). The molecule has 0 spiro atoms. The van der Waals surface area contributed by atoms with E-state index in [-0.39, 0.29) is 5.25 Å².